The Hall–Kier alpha value is -3.33. The predicted molar refractivity (Wildman–Crippen MR) is 127 cm³/mol. The number of carbonyl (C=O) groups is 2. The maximum Gasteiger partial charge on any atom is 0.335 e. The Morgan fingerprint density at radius 2 is 1.97 bits per heavy atom. The molecule has 0 bridgehead atoms. The SMILES string of the molecule is Cc1cc(C(=O)O)cc(Oc2ccc(-c3nnc(C(C)(C)F)s3)cc2)c1CN1CC(C)CC1=O. The monoisotopic (exact) mass is 483 g/mol. The maximum absolute atomic E-state index is 14.1. The third-order valence-electron chi connectivity index (χ3n) is 5.70. The summed E-state index contributed by atoms with van der Waals surface area (Å²) in [5.41, 5.74) is 0.846. The van der Waals surface area contributed by atoms with E-state index in [2.05, 4.69) is 10.2 Å². The van der Waals surface area contributed by atoms with Gasteiger partial charge in [0.15, 0.2) is 10.7 Å². The molecule has 1 amide bonds. The van der Waals surface area contributed by atoms with E-state index in [1.54, 1.807) is 35.2 Å². The van der Waals surface area contributed by atoms with Gasteiger partial charge in [-0.1, -0.05) is 18.3 Å². The van der Waals surface area contributed by atoms with E-state index >= 15 is 0 Å². The third kappa shape index (κ3) is 5.09. The summed E-state index contributed by atoms with van der Waals surface area (Å²) in [5.74, 6) is 0.214. The zero-order chi connectivity index (χ0) is 24.6. The molecule has 178 valence electrons. The number of carboxylic acid groups (broad SMARTS) is 1. The van der Waals surface area contributed by atoms with Crippen molar-refractivity contribution in [3.8, 4) is 22.1 Å². The molecule has 1 aliphatic heterocycles. The van der Waals surface area contributed by atoms with Gasteiger partial charge in [-0.25, -0.2) is 9.18 Å². The zero-order valence-corrected chi connectivity index (χ0v) is 20.3. The number of aryl methyl sites for hydroxylation is 1. The minimum absolute atomic E-state index is 0.0809. The molecule has 3 aromatic rings. The lowest BCUT2D eigenvalue weighted by Crippen LogP contribution is -2.25. The predicted octanol–water partition coefficient (Wildman–Crippen LogP) is 5.58. The number of carboxylic acids is 1. The van der Waals surface area contributed by atoms with Crippen molar-refractivity contribution in [2.45, 2.75) is 46.3 Å². The summed E-state index contributed by atoms with van der Waals surface area (Å²) >= 11 is 1.19. The van der Waals surface area contributed by atoms with Crippen molar-refractivity contribution in [3.05, 3.63) is 58.1 Å². The van der Waals surface area contributed by atoms with Crippen LogP contribution in [-0.2, 0) is 17.0 Å². The third-order valence-corrected chi connectivity index (χ3v) is 6.97. The molecule has 0 radical (unpaired) electrons. The van der Waals surface area contributed by atoms with Crippen molar-refractivity contribution < 1.29 is 23.8 Å². The molecule has 1 saturated heterocycles. The van der Waals surface area contributed by atoms with Gasteiger partial charge in [0, 0.05) is 30.6 Å². The zero-order valence-electron chi connectivity index (χ0n) is 19.5. The second kappa shape index (κ2) is 9.13. The molecule has 4 rings (SSSR count). The van der Waals surface area contributed by atoms with Gasteiger partial charge in [-0.05, 0) is 68.7 Å². The van der Waals surface area contributed by atoms with Gasteiger partial charge < -0.3 is 14.7 Å². The number of nitrogens with zero attached hydrogens (tertiary/aromatic N) is 3. The minimum atomic E-state index is -1.56. The fourth-order valence-electron chi connectivity index (χ4n) is 3.89. The van der Waals surface area contributed by atoms with Crippen molar-refractivity contribution in [2.24, 2.45) is 5.92 Å². The fourth-order valence-corrected chi connectivity index (χ4v) is 4.73. The molecule has 0 aliphatic carbocycles. The summed E-state index contributed by atoms with van der Waals surface area (Å²) in [5, 5.41) is 18.4. The Morgan fingerprint density at radius 3 is 2.53 bits per heavy atom. The van der Waals surface area contributed by atoms with E-state index in [0.717, 1.165) is 16.7 Å². The highest BCUT2D eigenvalue weighted by atomic mass is 32.1. The quantitative estimate of drug-likeness (QED) is 0.472. The number of halogens is 1. The molecule has 0 spiro atoms. The van der Waals surface area contributed by atoms with Crippen LogP contribution in [-0.4, -0.2) is 38.6 Å². The van der Waals surface area contributed by atoms with Crippen LogP contribution in [0.25, 0.3) is 10.6 Å². The van der Waals surface area contributed by atoms with Crippen LogP contribution in [0.4, 0.5) is 4.39 Å². The molecule has 34 heavy (non-hydrogen) atoms. The summed E-state index contributed by atoms with van der Waals surface area (Å²) < 4.78 is 20.2. The van der Waals surface area contributed by atoms with E-state index in [-0.39, 0.29) is 17.4 Å². The first-order valence-corrected chi connectivity index (χ1v) is 11.8. The average Bonchev–Trinajstić information content (AvgIpc) is 3.37. The number of aromatic carboxylic acids is 1. The summed E-state index contributed by atoms with van der Waals surface area (Å²) in [6.45, 7) is 7.75. The Kier molecular flexibility index (Phi) is 6.40. The van der Waals surface area contributed by atoms with Crippen LogP contribution in [0, 0.1) is 12.8 Å². The summed E-state index contributed by atoms with van der Waals surface area (Å²) in [7, 11) is 0. The Morgan fingerprint density at radius 1 is 1.26 bits per heavy atom. The van der Waals surface area contributed by atoms with Crippen molar-refractivity contribution in [3.63, 3.8) is 0 Å². The number of likely N-dealkylation sites (tertiary alicyclic amines) is 1. The molecule has 0 saturated carbocycles. The van der Waals surface area contributed by atoms with Gasteiger partial charge >= 0.3 is 5.97 Å². The number of alkyl halides is 1. The van der Waals surface area contributed by atoms with Crippen LogP contribution in [0.3, 0.4) is 0 Å². The van der Waals surface area contributed by atoms with Gasteiger partial charge in [0.2, 0.25) is 5.91 Å². The lowest BCUT2D eigenvalue weighted by atomic mass is 10.0. The highest BCUT2D eigenvalue weighted by Gasteiger charge is 2.28. The molecular weight excluding hydrogens is 457 g/mol. The molecule has 2 heterocycles. The van der Waals surface area contributed by atoms with E-state index in [1.165, 1.54) is 31.3 Å². The largest absolute Gasteiger partial charge is 0.478 e. The van der Waals surface area contributed by atoms with E-state index < -0.39 is 11.6 Å². The van der Waals surface area contributed by atoms with Crippen LogP contribution in [0.1, 0.15) is 53.7 Å². The first-order chi connectivity index (χ1) is 16.0. The second-order valence-corrected chi connectivity index (χ2v) is 10.1. The van der Waals surface area contributed by atoms with E-state index in [0.29, 0.717) is 41.0 Å². The summed E-state index contributed by atoms with van der Waals surface area (Å²) in [6.07, 6.45) is 0.511. The van der Waals surface area contributed by atoms with Crippen LogP contribution in [0.15, 0.2) is 36.4 Å². The number of rotatable bonds is 7. The van der Waals surface area contributed by atoms with Crippen molar-refractivity contribution in [1.29, 1.82) is 0 Å². The van der Waals surface area contributed by atoms with Gasteiger partial charge in [-0.2, -0.15) is 0 Å². The van der Waals surface area contributed by atoms with Gasteiger partial charge in [0.1, 0.15) is 16.5 Å². The van der Waals surface area contributed by atoms with Gasteiger partial charge in [0.25, 0.3) is 0 Å². The molecule has 1 aliphatic rings. The van der Waals surface area contributed by atoms with E-state index in [1.807, 2.05) is 13.8 Å². The average molecular weight is 484 g/mol. The van der Waals surface area contributed by atoms with Crippen molar-refractivity contribution in [2.75, 3.05) is 6.54 Å². The number of hydrogen-bond donors (Lipinski definition) is 1. The van der Waals surface area contributed by atoms with Crippen LogP contribution < -0.4 is 4.74 Å². The van der Waals surface area contributed by atoms with Gasteiger partial charge in [-0.15, -0.1) is 10.2 Å². The lowest BCUT2D eigenvalue weighted by molar-refractivity contribution is -0.128. The second-order valence-electron chi connectivity index (χ2n) is 9.17. The number of aromatic nitrogens is 2. The highest BCUT2D eigenvalue weighted by molar-refractivity contribution is 7.14. The summed E-state index contributed by atoms with van der Waals surface area (Å²) in [6, 6.07) is 10.2. The van der Waals surface area contributed by atoms with Crippen LogP contribution in [0.5, 0.6) is 11.5 Å². The molecule has 1 unspecified atom stereocenters. The first-order valence-electron chi connectivity index (χ1n) is 11.0. The van der Waals surface area contributed by atoms with Gasteiger partial charge in [-0.3, -0.25) is 4.79 Å². The topological polar surface area (TPSA) is 92.6 Å². The van der Waals surface area contributed by atoms with E-state index in [9.17, 15) is 19.1 Å². The number of benzene rings is 2. The molecule has 1 N–H and O–H groups in total. The Balaban J connectivity index is 1.61. The molecule has 2 aromatic carbocycles. The Bertz CT molecular complexity index is 1230. The van der Waals surface area contributed by atoms with Crippen LogP contribution >= 0.6 is 11.3 Å². The number of ether oxygens (including phenoxy) is 1. The molecule has 1 fully saturated rings. The van der Waals surface area contributed by atoms with E-state index in [4.69, 9.17) is 4.74 Å². The fraction of sp³-hybridized carbons (Fsp3) is 0.360. The lowest BCUT2D eigenvalue weighted by Gasteiger charge is -2.21. The minimum Gasteiger partial charge on any atom is -0.478 e. The number of amides is 1. The van der Waals surface area contributed by atoms with Crippen molar-refractivity contribution in [1.82, 2.24) is 15.1 Å². The normalized spacial score (nSPS) is 16.2. The smallest absolute Gasteiger partial charge is 0.335 e. The van der Waals surface area contributed by atoms with Crippen molar-refractivity contribution >= 4 is 23.2 Å². The highest BCUT2D eigenvalue weighted by Crippen LogP contribution is 2.35. The maximum atomic E-state index is 14.1. The Labute approximate surface area is 201 Å². The molecule has 9 heteroatoms. The number of hydrogen-bond acceptors (Lipinski definition) is 6. The summed E-state index contributed by atoms with van der Waals surface area (Å²) in [4.78, 5) is 25.7. The van der Waals surface area contributed by atoms with Gasteiger partial charge in [0.05, 0.1) is 5.56 Å². The molecule has 7 nitrogen and oxygen atoms in total. The molecular formula is C25H26FN3O4S. The standard InChI is InChI=1S/C25H26FN3O4S/c1-14-9-21(30)29(12-14)13-19-15(2)10-17(23(31)32)11-20(19)33-18-7-5-16(6-8-18)22-27-28-24(34-22)25(3,4)26/h5-8,10-11,14H,9,12-13H2,1-4H3,(H,31,32). The molecule has 1 aromatic heterocycles. The van der Waals surface area contributed by atoms with Crippen LogP contribution in [0.2, 0.25) is 0 Å². The first kappa shape index (κ1) is 23.8. The number of carbonyl (C=O) groups excluding carboxylic acids is 1. The molecule has 1 atom stereocenters.